The smallest absolute Gasteiger partial charge is 0.290 e. The zero-order chi connectivity index (χ0) is 23.2. The van der Waals surface area contributed by atoms with Crippen LogP contribution in [0.5, 0.6) is 0 Å². The van der Waals surface area contributed by atoms with Crippen LogP contribution in [-0.2, 0) is 19.1 Å². The second-order valence-corrected chi connectivity index (χ2v) is 8.23. The molecule has 3 aliphatic rings. The monoisotopic (exact) mass is 449 g/mol. The average molecular weight is 450 g/mol. The third-order valence-electron chi connectivity index (χ3n) is 6.14. The van der Waals surface area contributed by atoms with Gasteiger partial charge in [-0.3, -0.25) is 19.4 Å². The van der Waals surface area contributed by atoms with Gasteiger partial charge in [-0.1, -0.05) is 42.5 Å². The molecule has 1 saturated heterocycles. The van der Waals surface area contributed by atoms with Crippen LogP contribution in [-0.4, -0.2) is 70.0 Å². The standard InChI is InChI=1S/C24H25N3O3.CH2O2/c28-21-16-30-23(22(27(21)20-8-9-20)19-7-4-12-25-15-19)24(29)26-13-10-18(11-14-26)17-5-2-1-3-6-17;2-1-3/h1-7,10,12,15,20,22-23H,8-9,11,13-14,16H2;1H,(H,2,3)/t22-,23+;/m1./s1. The van der Waals surface area contributed by atoms with Crippen LogP contribution in [0.1, 0.15) is 36.4 Å². The van der Waals surface area contributed by atoms with E-state index in [2.05, 4.69) is 23.2 Å². The van der Waals surface area contributed by atoms with Crippen LogP contribution in [0.2, 0.25) is 0 Å². The molecule has 172 valence electrons. The molecular formula is C25H27N3O5. The van der Waals surface area contributed by atoms with Gasteiger partial charge in [0, 0.05) is 31.5 Å². The molecule has 2 aromatic rings. The Morgan fingerprint density at radius 1 is 1.15 bits per heavy atom. The minimum absolute atomic E-state index is 0.0391. The highest BCUT2D eigenvalue weighted by molar-refractivity contribution is 5.87. The molecule has 1 aromatic carbocycles. The summed E-state index contributed by atoms with van der Waals surface area (Å²) in [6.07, 6.45) is 7.65. The number of amides is 2. The molecule has 3 heterocycles. The van der Waals surface area contributed by atoms with Crippen LogP contribution in [0, 0.1) is 0 Å². The minimum Gasteiger partial charge on any atom is -0.483 e. The molecule has 0 spiro atoms. The molecule has 8 heteroatoms. The Bertz CT molecular complexity index is 1010. The Morgan fingerprint density at radius 3 is 2.52 bits per heavy atom. The van der Waals surface area contributed by atoms with Crippen LogP contribution < -0.4 is 0 Å². The zero-order valence-electron chi connectivity index (χ0n) is 18.2. The number of carbonyl (C=O) groups is 3. The molecular weight excluding hydrogens is 422 g/mol. The topological polar surface area (TPSA) is 100 Å². The molecule has 0 radical (unpaired) electrons. The number of carbonyl (C=O) groups excluding carboxylic acids is 2. The molecule has 5 rings (SSSR count). The van der Waals surface area contributed by atoms with E-state index in [0.717, 1.165) is 24.8 Å². The van der Waals surface area contributed by atoms with Crippen LogP contribution in [0.15, 0.2) is 60.9 Å². The number of pyridine rings is 1. The molecule has 1 aliphatic carbocycles. The second kappa shape index (κ2) is 10.4. The van der Waals surface area contributed by atoms with E-state index in [0.29, 0.717) is 13.1 Å². The first-order chi connectivity index (χ1) is 16.1. The molecule has 0 bridgehead atoms. The zero-order valence-corrected chi connectivity index (χ0v) is 18.2. The lowest BCUT2D eigenvalue weighted by atomic mass is 9.96. The maximum absolute atomic E-state index is 13.5. The number of hydrogen-bond donors (Lipinski definition) is 1. The normalized spacial score (nSPS) is 22.7. The van der Waals surface area contributed by atoms with Gasteiger partial charge >= 0.3 is 0 Å². The summed E-state index contributed by atoms with van der Waals surface area (Å²) in [7, 11) is 0. The van der Waals surface area contributed by atoms with Gasteiger partial charge in [-0.05, 0) is 42.0 Å². The summed E-state index contributed by atoms with van der Waals surface area (Å²) in [4.78, 5) is 42.4. The Morgan fingerprint density at radius 2 is 1.91 bits per heavy atom. The summed E-state index contributed by atoms with van der Waals surface area (Å²) in [6.45, 7) is 0.916. The van der Waals surface area contributed by atoms with Crippen molar-refractivity contribution in [1.82, 2.24) is 14.8 Å². The van der Waals surface area contributed by atoms with E-state index < -0.39 is 12.1 Å². The summed E-state index contributed by atoms with van der Waals surface area (Å²) in [5.74, 6) is -0.0920. The fourth-order valence-corrected chi connectivity index (χ4v) is 4.47. The molecule has 8 nitrogen and oxygen atoms in total. The quantitative estimate of drug-likeness (QED) is 0.720. The number of morpholine rings is 1. The van der Waals surface area contributed by atoms with Crippen molar-refractivity contribution in [1.29, 1.82) is 0 Å². The molecule has 2 aliphatic heterocycles. The van der Waals surface area contributed by atoms with Gasteiger partial charge in [-0.2, -0.15) is 0 Å². The number of rotatable bonds is 4. The van der Waals surface area contributed by atoms with Crippen molar-refractivity contribution < 1.29 is 24.2 Å². The van der Waals surface area contributed by atoms with Crippen molar-refractivity contribution in [2.45, 2.75) is 37.5 Å². The molecule has 33 heavy (non-hydrogen) atoms. The molecule has 1 saturated carbocycles. The lowest BCUT2D eigenvalue weighted by Gasteiger charge is -2.42. The summed E-state index contributed by atoms with van der Waals surface area (Å²) in [5, 5.41) is 6.89. The van der Waals surface area contributed by atoms with Crippen molar-refractivity contribution in [3.8, 4) is 0 Å². The fourth-order valence-electron chi connectivity index (χ4n) is 4.47. The Labute approximate surface area is 192 Å². The van der Waals surface area contributed by atoms with E-state index in [9.17, 15) is 9.59 Å². The van der Waals surface area contributed by atoms with Crippen LogP contribution >= 0.6 is 0 Å². The maximum Gasteiger partial charge on any atom is 0.290 e. The first kappa shape index (κ1) is 22.7. The molecule has 1 aromatic heterocycles. The van der Waals surface area contributed by atoms with Gasteiger partial charge in [0.15, 0.2) is 6.10 Å². The third-order valence-corrected chi connectivity index (χ3v) is 6.14. The van der Waals surface area contributed by atoms with E-state index >= 15 is 0 Å². The van der Waals surface area contributed by atoms with Gasteiger partial charge in [0.1, 0.15) is 6.61 Å². The van der Waals surface area contributed by atoms with Crippen LogP contribution in [0.25, 0.3) is 5.57 Å². The lowest BCUT2D eigenvalue weighted by Crippen LogP contribution is -2.56. The highest BCUT2D eigenvalue weighted by Gasteiger charge is 2.48. The first-order valence-electron chi connectivity index (χ1n) is 11.1. The fraction of sp³-hybridized carbons (Fsp3) is 0.360. The largest absolute Gasteiger partial charge is 0.483 e. The Kier molecular flexibility index (Phi) is 7.14. The van der Waals surface area contributed by atoms with Gasteiger partial charge < -0.3 is 19.6 Å². The first-order valence-corrected chi connectivity index (χ1v) is 11.1. The van der Waals surface area contributed by atoms with Gasteiger partial charge in [0.05, 0.1) is 6.04 Å². The van der Waals surface area contributed by atoms with Crippen molar-refractivity contribution >= 4 is 23.9 Å². The SMILES string of the molecule is O=C([C@H]1OCC(=O)N(C2CC2)[C@@H]1c1cccnc1)N1CC=C(c2ccccc2)CC1.O=CO. The summed E-state index contributed by atoms with van der Waals surface area (Å²) in [6, 6.07) is 13.8. The Balaban J connectivity index is 0.000000821. The van der Waals surface area contributed by atoms with Gasteiger partial charge in [-0.25, -0.2) is 0 Å². The minimum atomic E-state index is -0.695. The van der Waals surface area contributed by atoms with E-state index in [1.165, 1.54) is 11.1 Å². The van der Waals surface area contributed by atoms with Crippen LogP contribution in [0.4, 0.5) is 0 Å². The van der Waals surface area contributed by atoms with E-state index in [4.69, 9.17) is 14.6 Å². The summed E-state index contributed by atoms with van der Waals surface area (Å²) >= 11 is 0. The number of hydrogen-bond acceptors (Lipinski definition) is 5. The average Bonchev–Trinajstić information content (AvgIpc) is 3.70. The number of nitrogens with zero attached hydrogens (tertiary/aromatic N) is 3. The predicted molar refractivity (Wildman–Crippen MR) is 121 cm³/mol. The highest BCUT2D eigenvalue weighted by atomic mass is 16.5. The van der Waals surface area contributed by atoms with Crippen molar-refractivity contribution in [2.75, 3.05) is 19.7 Å². The maximum atomic E-state index is 13.5. The molecule has 2 amide bonds. The third kappa shape index (κ3) is 5.12. The number of benzene rings is 1. The predicted octanol–water partition coefficient (Wildman–Crippen LogP) is 2.53. The highest BCUT2D eigenvalue weighted by Crippen LogP contribution is 2.40. The van der Waals surface area contributed by atoms with Crippen LogP contribution in [0.3, 0.4) is 0 Å². The second-order valence-electron chi connectivity index (χ2n) is 8.23. The van der Waals surface area contributed by atoms with Gasteiger partial charge in [0.2, 0.25) is 5.91 Å². The van der Waals surface area contributed by atoms with E-state index in [-0.39, 0.29) is 30.9 Å². The molecule has 0 unspecified atom stereocenters. The van der Waals surface area contributed by atoms with E-state index in [1.54, 1.807) is 12.4 Å². The van der Waals surface area contributed by atoms with Crippen molar-refractivity contribution in [3.63, 3.8) is 0 Å². The molecule has 2 fully saturated rings. The summed E-state index contributed by atoms with van der Waals surface area (Å²) < 4.78 is 5.86. The van der Waals surface area contributed by atoms with Crippen molar-refractivity contribution in [3.05, 3.63) is 72.1 Å². The Hall–Kier alpha value is -3.52. The number of ether oxygens (including phenoxy) is 1. The molecule has 2 atom stereocenters. The summed E-state index contributed by atoms with van der Waals surface area (Å²) in [5.41, 5.74) is 3.33. The number of carboxylic acid groups (broad SMARTS) is 1. The number of aromatic nitrogens is 1. The van der Waals surface area contributed by atoms with Gasteiger partial charge in [-0.15, -0.1) is 0 Å². The lowest BCUT2D eigenvalue weighted by molar-refractivity contribution is -0.170. The van der Waals surface area contributed by atoms with E-state index in [1.807, 2.05) is 40.1 Å². The molecule has 1 N–H and O–H groups in total. The van der Waals surface area contributed by atoms with Crippen molar-refractivity contribution in [2.24, 2.45) is 0 Å². The van der Waals surface area contributed by atoms with Gasteiger partial charge in [0.25, 0.3) is 12.4 Å².